The predicted molar refractivity (Wildman–Crippen MR) is 84.0 cm³/mol. The van der Waals surface area contributed by atoms with E-state index < -0.39 is 0 Å². The van der Waals surface area contributed by atoms with Crippen LogP contribution in [0.3, 0.4) is 0 Å². The Morgan fingerprint density at radius 3 is 2.86 bits per heavy atom. The van der Waals surface area contributed by atoms with Crippen molar-refractivity contribution in [3.63, 3.8) is 0 Å². The molecule has 0 bridgehead atoms. The molecule has 0 saturated heterocycles. The summed E-state index contributed by atoms with van der Waals surface area (Å²) in [4.78, 5) is 16.2. The van der Waals surface area contributed by atoms with E-state index in [4.69, 9.17) is 4.42 Å². The van der Waals surface area contributed by atoms with Gasteiger partial charge in [-0.2, -0.15) is 0 Å². The molecule has 1 unspecified atom stereocenters. The first-order chi connectivity index (χ1) is 10.1. The van der Waals surface area contributed by atoms with E-state index in [1.54, 1.807) is 18.3 Å². The summed E-state index contributed by atoms with van der Waals surface area (Å²) in [5, 5.41) is 3.95. The third-order valence-electron chi connectivity index (χ3n) is 3.21. The van der Waals surface area contributed by atoms with Crippen molar-refractivity contribution in [3.05, 3.63) is 64.6 Å². The van der Waals surface area contributed by atoms with Crippen LogP contribution in [0, 0.1) is 0 Å². The lowest BCUT2D eigenvalue weighted by Crippen LogP contribution is -2.26. The highest BCUT2D eigenvalue weighted by atomic mass is 79.9. The Bertz CT molecular complexity index is 765. The Morgan fingerprint density at radius 1 is 1.29 bits per heavy atom. The lowest BCUT2D eigenvalue weighted by Gasteiger charge is -2.11. The number of amides is 1. The first-order valence-electron chi connectivity index (χ1n) is 6.54. The molecular formula is C16H13BrN2O2. The normalized spacial score (nSPS) is 12.3. The lowest BCUT2D eigenvalue weighted by molar-refractivity contribution is 0.0935. The predicted octanol–water partition coefficient (Wildman–Crippen LogP) is 4.08. The minimum Gasteiger partial charge on any atom is -0.459 e. The van der Waals surface area contributed by atoms with Crippen LogP contribution in [0.5, 0.6) is 0 Å². The summed E-state index contributed by atoms with van der Waals surface area (Å²) >= 11 is 3.26. The molecule has 1 N–H and O–H groups in total. The fourth-order valence-corrected chi connectivity index (χ4v) is 2.48. The van der Waals surface area contributed by atoms with Crippen molar-refractivity contribution < 1.29 is 9.21 Å². The average Bonchev–Trinajstić information content (AvgIpc) is 2.91. The van der Waals surface area contributed by atoms with Gasteiger partial charge in [0.15, 0.2) is 0 Å². The maximum atomic E-state index is 12.2. The van der Waals surface area contributed by atoms with Crippen molar-refractivity contribution in [2.45, 2.75) is 13.0 Å². The third kappa shape index (κ3) is 2.97. The zero-order chi connectivity index (χ0) is 14.8. The molecule has 2 heterocycles. The minimum atomic E-state index is -0.211. The van der Waals surface area contributed by atoms with E-state index in [1.807, 2.05) is 37.3 Å². The Hall–Kier alpha value is -2.14. The summed E-state index contributed by atoms with van der Waals surface area (Å²) < 4.78 is 6.39. The lowest BCUT2D eigenvalue weighted by atomic mass is 10.2. The number of nitrogens with zero attached hydrogens (tertiary/aromatic N) is 1. The Balaban J connectivity index is 1.79. The number of rotatable bonds is 3. The maximum absolute atomic E-state index is 12.2. The summed E-state index contributed by atoms with van der Waals surface area (Å²) in [5.41, 5.74) is 1.38. The highest BCUT2D eigenvalue weighted by Crippen LogP contribution is 2.23. The number of hydrogen-bond donors (Lipinski definition) is 1. The molecule has 0 saturated carbocycles. The molecular weight excluding hydrogens is 332 g/mol. The summed E-state index contributed by atoms with van der Waals surface area (Å²) in [5.74, 6) is 0.573. The fraction of sp³-hybridized carbons (Fsp3) is 0.125. The molecule has 21 heavy (non-hydrogen) atoms. The van der Waals surface area contributed by atoms with Crippen LogP contribution in [0.25, 0.3) is 11.0 Å². The highest BCUT2D eigenvalue weighted by molar-refractivity contribution is 9.10. The minimum absolute atomic E-state index is 0.161. The molecule has 1 aromatic carbocycles. The van der Waals surface area contributed by atoms with Gasteiger partial charge in [-0.15, -0.1) is 0 Å². The van der Waals surface area contributed by atoms with E-state index in [1.165, 1.54) is 0 Å². The van der Waals surface area contributed by atoms with Gasteiger partial charge in [-0.1, -0.05) is 18.2 Å². The Kier molecular flexibility index (Phi) is 3.75. The van der Waals surface area contributed by atoms with Gasteiger partial charge in [0.2, 0.25) is 0 Å². The quantitative estimate of drug-likeness (QED) is 0.728. The number of pyridine rings is 1. The maximum Gasteiger partial charge on any atom is 0.252 e. The average molecular weight is 345 g/mol. The summed E-state index contributed by atoms with van der Waals surface area (Å²) in [7, 11) is 0. The monoisotopic (exact) mass is 344 g/mol. The molecule has 0 spiro atoms. The van der Waals surface area contributed by atoms with Crippen molar-refractivity contribution in [2.24, 2.45) is 0 Å². The van der Waals surface area contributed by atoms with Crippen molar-refractivity contribution in [2.75, 3.05) is 0 Å². The second kappa shape index (κ2) is 5.69. The largest absolute Gasteiger partial charge is 0.459 e. The van der Waals surface area contributed by atoms with Gasteiger partial charge in [0.05, 0.1) is 6.04 Å². The SMILES string of the molecule is CC(NC(=O)c1ccnc(Br)c1)c1cc2ccccc2o1. The van der Waals surface area contributed by atoms with Crippen LogP contribution in [-0.4, -0.2) is 10.9 Å². The molecule has 0 aliphatic carbocycles. The van der Waals surface area contributed by atoms with Gasteiger partial charge in [0.1, 0.15) is 15.9 Å². The van der Waals surface area contributed by atoms with Crippen molar-refractivity contribution in [1.29, 1.82) is 0 Å². The smallest absolute Gasteiger partial charge is 0.252 e. The van der Waals surface area contributed by atoms with E-state index in [-0.39, 0.29) is 11.9 Å². The topological polar surface area (TPSA) is 55.1 Å². The number of nitrogens with one attached hydrogen (secondary N) is 1. The number of carbonyl (C=O) groups is 1. The van der Waals surface area contributed by atoms with Gasteiger partial charge < -0.3 is 9.73 Å². The molecule has 2 aromatic heterocycles. The zero-order valence-electron chi connectivity index (χ0n) is 11.3. The third-order valence-corrected chi connectivity index (χ3v) is 3.64. The van der Waals surface area contributed by atoms with Crippen LogP contribution in [0.1, 0.15) is 29.1 Å². The number of halogens is 1. The van der Waals surface area contributed by atoms with Crippen molar-refractivity contribution in [3.8, 4) is 0 Å². The summed E-state index contributed by atoms with van der Waals surface area (Å²) in [6, 6.07) is 12.9. The van der Waals surface area contributed by atoms with Gasteiger partial charge in [0.25, 0.3) is 5.91 Å². The van der Waals surface area contributed by atoms with Gasteiger partial charge in [-0.3, -0.25) is 4.79 Å². The number of fused-ring (bicyclic) bond motifs is 1. The molecule has 1 amide bonds. The summed E-state index contributed by atoms with van der Waals surface area (Å²) in [6.45, 7) is 1.89. The van der Waals surface area contributed by atoms with Gasteiger partial charge in [-0.05, 0) is 47.1 Å². The summed E-state index contributed by atoms with van der Waals surface area (Å²) in [6.07, 6.45) is 1.59. The number of furan rings is 1. The van der Waals surface area contributed by atoms with Crippen LogP contribution in [-0.2, 0) is 0 Å². The van der Waals surface area contributed by atoms with Crippen molar-refractivity contribution in [1.82, 2.24) is 10.3 Å². The van der Waals surface area contributed by atoms with E-state index in [2.05, 4.69) is 26.2 Å². The van der Waals surface area contributed by atoms with E-state index in [9.17, 15) is 4.79 Å². The van der Waals surface area contributed by atoms with E-state index >= 15 is 0 Å². The van der Waals surface area contributed by atoms with Gasteiger partial charge >= 0.3 is 0 Å². The van der Waals surface area contributed by atoms with Crippen LogP contribution in [0.15, 0.2) is 57.7 Å². The van der Waals surface area contributed by atoms with Crippen LogP contribution in [0.4, 0.5) is 0 Å². The van der Waals surface area contributed by atoms with Crippen LogP contribution >= 0.6 is 15.9 Å². The first-order valence-corrected chi connectivity index (χ1v) is 7.33. The Labute approximate surface area is 130 Å². The molecule has 4 nitrogen and oxygen atoms in total. The van der Waals surface area contributed by atoms with Crippen LogP contribution in [0.2, 0.25) is 0 Å². The zero-order valence-corrected chi connectivity index (χ0v) is 12.9. The molecule has 0 radical (unpaired) electrons. The number of para-hydroxylation sites is 1. The molecule has 5 heteroatoms. The van der Waals surface area contributed by atoms with Crippen molar-refractivity contribution >= 4 is 32.8 Å². The standard InChI is InChI=1S/C16H13BrN2O2/c1-10(14-8-11-4-2-3-5-13(11)21-14)19-16(20)12-6-7-18-15(17)9-12/h2-10H,1H3,(H,19,20). The second-order valence-corrected chi connectivity index (χ2v) is 5.56. The number of benzene rings is 1. The second-order valence-electron chi connectivity index (χ2n) is 4.75. The Morgan fingerprint density at radius 2 is 2.10 bits per heavy atom. The van der Waals surface area contributed by atoms with Crippen LogP contribution < -0.4 is 5.32 Å². The number of aromatic nitrogens is 1. The molecule has 0 aliphatic heterocycles. The van der Waals surface area contributed by atoms with E-state index in [0.717, 1.165) is 16.7 Å². The first kappa shape index (κ1) is 13.8. The number of carbonyl (C=O) groups excluding carboxylic acids is 1. The fourth-order valence-electron chi connectivity index (χ4n) is 2.11. The molecule has 3 rings (SSSR count). The highest BCUT2D eigenvalue weighted by Gasteiger charge is 2.15. The van der Waals surface area contributed by atoms with E-state index in [0.29, 0.717) is 10.2 Å². The molecule has 3 aromatic rings. The molecule has 106 valence electrons. The van der Waals surface area contributed by atoms with Gasteiger partial charge in [-0.25, -0.2) is 4.98 Å². The molecule has 0 aliphatic rings. The molecule has 0 fully saturated rings. The number of hydrogen-bond acceptors (Lipinski definition) is 3. The molecule has 1 atom stereocenters. The van der Waals surface area contributed by atoms with Gasteiger partial charge in [0, 0.05) is 17.1 Å².